The Balaban J connectivity index is 2.23. The first-order chi connectivity index (χ1) is 7.13. The van der Waals surface area contributed by atoms with Gasteiger partial charge in [-0.2, -0.15) is 11.8 Å². The second-order valence-corrected chi connectivity index (χ2v) is 5.97. The summed E-state index contributed by atoms with van der Waals surface area (Å²) in [5.41, 5.74) is 0. The van der Waals surface area contributed by atoms with Crippen molar-refractivity contribution in [2.45, 2.75) is 51.2 Å². The van der Waals surface area contributed by atoms with E-state index in [1.807, 2.05) is 11.8 Å². The molecule has 1 N–H and O–H groups in total. The lowest BCUT2D eigenvalue weighted by Gasteiger charge is -2.28. The molecular formula is C12H22O2S. The highest BCUT2D eigenvalue weighted by atomic mass is 32.2. The maximum absolute atomic E-state index is 10.7. The van der Waals surface area contributed by atoms with E-state index in [0.29, 0.717) is 5.25 Å². The van der Waals surface area contributed by atoms with Gasteiger partial charge in [-0.3, -0.25) is 4.79 Å². The van der Waals surface area contributed by atoms with Crippen LogP contribution in [0.4, 0.5) is 0 Å². The standard InChI is InChI=1S/C12H22O2S/c1-3-10-5-4-6-11(7-10)15-8-9(2)12(13)14/h9-11H,3-8H2,1-2H3,(H,13,14). The van der Waals surface area contributed by atoms with E-state index in [1.165, 1.54) is 32.1 Å². The summed E-state index contributed by atoms with van der Waals surface area (Å²) >= 11 is 1.87. The second kappa shape index (κ2) is 6.41. The third kappa shape index (κ3) is 4.45. The van der Waals surface area contributed by atoms with E-state index in [0.717, 1.165) is 11.7 Å². The SMILES string of the molecule is CCC1CCCC(SCC(C)C(=O)O)C1. The van der Waals surface area contributed by atoms with E-state index < -0.39 is 5.97 Å². The van der Waals surface area contributed by atoms with Crippen LogP contribution in [0.15, 0.2) is 0 Å². The van der Waals surface area contributed by atoms with Gasteiger partial charge in [-0.25, -0.2) is 0 Å². The third-order valence-electron chi connectivity index (χ3n) is 3.32. The number of aliphatic carboxylic acids is 1. The van der Waals surface area contributed by atoms with Crippen molar-refractivity contribution in [3.05, 3.63) is 0 Å². The van der Waals surface area contributed by atoms with Crippen molar-refractivity contribution in [1.82, 2.24) is 0 Å². The van der Waals surface area contributed by atoms with Crippen LogP contribution in [-0.2, 0) is 4.79 Å². The summed E-state index contributed by atoms with van der Waals surface area (Å²) in [5.74, 6) is 0.801. The molecule has 1 saturated carbocycles. The molecule has 3 heteroatoms. The molecule has 1 aliphatic rings. The van der Waals surface area contributed by atoms with Gasteiger partial charge in [-0.15, -0.1) is 0 Å². The normalized spacial score (nSPS) is 28.7. The second-order valence-electron chi connectivity index (χ2n) is 4.64. The minimum absolute atomic E-state index is 0.197. The van der Waals surface area contributed by atoms with Crippen LogP contribution in [0.25, 0.3) is 0 Å². The Hall–Kier alpha value is -0.180. The van der Waals surface area contributed by atoms with Gasteiger partial charge in [0.1, 0.15) is 0 Å². The van der Waals surface area contributed by atoms with Gasteiger partial charge >= 0.3 is 5.97 Å². The highest BCUT2D eigenvalue weighted by Crippen LogP contribution is 2.34. The Kier molecular flexibility index (Phi) is 5.51. The molecule has 1 fully saturated rings. The van der Waals surface area contributed by atoms with Gasteiger partial charge in [0.2, 0.25) is 0 Å². The minimum atomic E-state index is -0.662. The highest BCUT2D eigenvalue weighted by molar-refractivity contribution is 7.99. The molecule has 3 atom stereocenters. The lowest BCUT2D eigenvalue weighted by molar-refractivity contribution is -0.140. The molecule has 0 aromatic heterocycles. The summed E-state index contributed by atoms with van der Waals surface area (Å²) in [6.45, 7) is 4.06. The average Bonchev–Trinajstić information content (AvgIpc) is 2.26. The van der Waals surface area contributed by atoms with Crippen molar-refractivity contribution in [3.63, 3.8) is 0 Å². The quantitative estimate of drug-likeness (QED) is 0.786. The fraction of sp³-hybridized carbons (Fsp3) is 0.917. The predicted octanol–water partition coefficient (Wildman–Crippen LogP) is 3.41. The molecule has 1 aliphatic carbocycles. The molecule has 15 heavy (non-hydrogen) atoms. The maximum atomic E-state index is 10.7. The molecule has 88 valence electrons. The first kappa shape index (κ1) is 12.9. The zero-order valence-electron chi connectivity index (χ0n) is 9.74. The number of carbonyl (C=O) groups is 1. The summed E-state index contributed by atoms with van der Waals surface area (Å²) in [6, 6.07) is 0. The van der Waals surface area contributed by atoms with Gasteiger partial charge in [0, 0.05) is 11.0 Å². The smallest absolute Gasteiger partial charge is 0.307 e. The lowest BCUT2D eigenvalue weighted by Crippen LogP contribution is -2.20. The van der Waals surface area contributed by atoms with Gasteiger partial charge in [0.25, 0.3) is 0 Å². The first-order valence-corrected chi connectivity index (χ1v) is 7.02. The molecule has 0 aromatic carbocycles. The van der Waals surface area contributed by atoms with Crippen molar-refractivity contribution >= 4 is 17.7 Å². The Morgan fingerprint density at radius 2 is 2.27 bits per heavy atom. The molecule has 0 bridgehead atoms. The van der Waals surface area contributed by atoms with Crippen LogP contribution in [0.3, 0.4) is 0 Å². The summed E-state index contributed by atoms with van der Waals surface area (Å²) < 4.78 is 0. The third-order valence-corrected chi connectivity index (χ3v) is 4.91. The zero-order valence-corrected chi connectivity index (χ0v) is 10.6. The molecule has 0 saturated heterocycles. The molecule has 0 amide bonds. The molecule has 1 rings (SSSR count). The van der Waals surface area contributed by atoms with Crippen molar-refractivity contribution < 1.29 is 9.90 Å². The number of thioether (sulfide) groups is 1. The Morgan fingerprint density at radius 1 is 1.53 bits per heavy atom. The molecule has 0 radical (unpaired) electrons. The number of hydrogen-bond acceptors (Lipinski definition) is 2. The van der Waals surface area contributed by atoms with Gasteiger partial charge < -0.3 is 5.11 Å². The number of hydrogen-bond donors (Lipinski definition) is 1. The fourth-order valence-corrected chi connectivity index (χ4v) is 3.56. The summed E-state index contributed by atoms with van der Waals surface area (Å²) in [5, 5.41) is 9.51. The zero-order chi connectivity index (χ0) is 11.3. The van der Waals surface area contributed by atoms with Crippen LogP contribution in [0.2, 0.25) is 0 Å². The Bertz CT molecular complexity index is 206. The summed E-state index contributed by atoms with van der Waals surface area (Å²) in [7, 11) is 0. The van der Waals surface area contributed by atoms with Gasteiger partial charge in [-0.05, 0) is 18.8 Å². The summed E-state index contributed by atoms with van der Waals surface area (Å²) in [6.07, 6.45) is 6.58. The maximum Gasteiger partial charge on any atom is 0.307 e. The van der Waals surface area contributed by atoms with Crippen LogP contribution in [-0.4, -0.2) is 22.1 Å². The topological polar surface area (TPSA) is 37.3 Å². The van der Waals surface area contributed by atoms with E-state index >= 15 is 0 Å². The van der Waals surface area contributed by atoms with Gasteiger partial charge in [-0.1, -0.05) is 33.1 Å². The highest BCUT2D eigenvalue weighted by Gasteiger charge is 2.22. The minimum Gasteiger partial charge on any atom is -0.481 e. The van der Waals surface area contributed by atoms with Crippen molar-refractivity contribution in [2.75, 3.05) is 5.75 Å². The molecule has 0 aliphatic heterocycles. The van der Waals surface area contributed by atoms with Crippen LogP contribution in [0, 0.1) is 11.8 Å². The monoisotopic (exact) mass is 230 g/mol. The van der Waals surface area contributed by atoms with Gasteiger partial charge in [0.05, 0.1) is 5.92 Å². The van der Waals surface area contributed by atoms with Crippen molar-refractivity contribution in [3.8, 4) is 0 Å². The van der Waals surface area contributed by atoms with Crippen molar-refractivity contribution in [2.24, 2.45) is 11.8 Å². The Morgan fingerprint density at radius 3 is 2.87 bits per heavy atom. The summed E-state index contributed by atoms with van der Waals surface area (Å²) in [4.78, 5) is 10.7. The van der Waals surface area contributed by atoms with Crippen LogP contribution in [0.5, 0.6) is 0 Å². The molecule has 0 spiro atoms. The number of carboxylic acids is 1. The lowest BCUT2D eigenvalue weighted by atomic mass is 9.87. The van der Waals surface area contributed by atoms with E-state index in [1.54, 1.807) is 6.92 Å². The average molecular weight is 230 g/mol. The van der Waals surface area contributed by atoms with E-state index in [4.69, 9.17) is 5.11 Å². The largest absolute Gasteiger partial charge is 0.481 e. The number of carboxylic acid groups (broad SMARTS) is 1. The van der Waals surface area contributed by atoms with Crippen molar-refractivity contribution in [1.29, 1.82) is 0 Å². The van der Waals surface area contributed by atoms with Crippen LogP contribution < -0.4 is 0 Å². The van der Waals surface area contributed by atoms with Crippen LogP contribution in [0.1, 0.15) is 46.0 Å². The van der Waals surface area contributed by atoms with Gasteiger partial charge in [0.15, 0.2) is 0 Å². The number of rotatable bonds is 5. The first-order valence-electron chi connectivity index (χ1n) is 5.97. The van der Waals surface area contributed by atoms with E-state index in [-0.39, 0.29) is 5.92 Å². The van der Waals surface area contributed by atoms with E-state index in [9.17, 15) is 4.79 Å². The molecule has 0 aromatic rings. The predicted molar refractivity (Wildman–Crippen MR) is 65.3 cm³/mol. The van der Waals surface area contributed by atoms with E-state index in [2.05, 4.69) is 6.92 Å². The molecule has 3 unspecified atom stereocenters. The molecule has 0 heterocycles. The Labute approximate surface area is 96.8 Å². The van der Waals surface area contributed by atoms with Crippen LogP contribution >= 0.6 is 11.8 Å². The molecular weight excluding hydrogens is 208 g/mol. The molecule has 2 nitrogen and oxygen atoms in total. The fourth-order valence-electron chi connectivity index (χ4n) is 2.12.